The van der Waals surface area contributed by atoms with Crippen LogP contribution in [0.15, 0.2) is 65.8 Å². The Labute approximate surface area is 196 Å². The van der Waals surface area contributed by atoms with Crippen LogP contribution in [0.2, 0.25) is 0 Å². The molecular weight excluding hydrogens is 467 g/mol. The van der Waals surface area contributed by atoms with Gasteiger partial charge in [0.05, 0.1) is 4.90 Å². The summed E-state index contributed by atoms with van der Waals surface area (Å²) in [5.74, 6) is 0. The highest BCUT2D eigenvalue weighted by Gasteiger charge is 2.17. The first kappa shape index (κ1) is 28.4. The Hall–Kier alpha value is -1.61. The number of pyridine rings is 1. The number of halogens is 3. The minimum Gasteiger partial charge on any atom is -0.399 e. The molecule has 0 radical (unpaired) electrons. The lowest BCUT2D eigenvalue weighted by Gasteiger charge is -2.15. The number of sulfonamides is 1. The van der Waals surface area contributed by atoms with Gasteiger partial charge in [-0.3, -0.25) is 4.98 Å². The Morgan fingerprint density at radius 2 is 1.70 bits per heavy atom. The number of nitrogens with two attached hydrogens (primary N) is 1. The Kier molecular flexibility index (Phi) is 12.2. The lowest BCUT2D eigenvalue weighted by atomic mass is 10.1. The standard InChI is InChI=1S/C20H24N4O2S.3ClH/c1-15(13-22-10-8-16-2-5-19(21)6-3-16)24-27(25,26)20-7-4-18-14-23-11-9-17(18)12-20;;;/h2-7,9,11-12,14-15,22,24H,8,10,13,21H2,1H3;3*1H. The van der Waals surface area contributed by atoms with Crippen molar-refractivity contribution in [3.8, 4) is 0 Å². The van der Waals surface area contributed by atoms with E-state index in [1.807, 2.05) is 31.2 Å². The summed E-state index contributed by atoms with van der Waals surface area (Å²) in [5.41, 5.74) is 7.61. The largest absolute Gasteiger partial charge is 0.399 e. The molecule has 0 aliphatic rings. The normalized spacial score (nSPS) is 11.6. The zero-order valence-electron chi connectivity index (χ0n) is 16.4. The van der Waals surface area contributed by atoms with Crippen molar-refractivity contribution in [3.05, 3.63) is 66.5 Å². The van der Waals surface area contributed by atoms with Gasteiger partial charge >= 0.3 is 0 Å². The highest BCUT2D eigenvalue weighted by Crippen LogP contribution is 2.18. The summed E-state index contributed by atoms with van der Waals surface area (Å²) < 4.78 is 27.9. The van der Waals surface area contributed by atoms with E-state index in [2.05, 4.69) is 15.0 Å². The summed E-state index contributed by atoms with van der Waals surface area (Å²) in [7, 11) is -3.57. The van der Waals surface area contributed by atoms with Crippen LogP contribution in [-0.2, 0) is 16.4 Å². The van der Waals surface area contributed by atoms with Crippen LogP contribution in [0.25, 0.3) is 10.8 Å². The molecule has 1 heterocycles. The van der Waals surface area contributed by atoms with Gasteiger partial charge in [0.2, 0.25) is 10.0 Å². The number of aromatic nitrogens is 1. The molecule has 0 bridgehead atoms. The molecular formula is C20H27Cl3N4O2S. The van der Waals surface area contributed by atoms with Crippen LogP contribution >= 0.6 is 37.2 Å². The van der Waals surface area contributed by atoms with Crippen molar-refractivity contribution in [1.82, 2.24) is 15.0 Å². The van der Waals surface area contributed by atoms with Gasteiger partial charge < -0.3 is 11.1 Å². The molecule has 6 nitrogen and oxygen atoms in total. The maximum absolute atomic E-state index is 12.6. The first-order valence-electron chi connectivity index (χ1n) is 8.85. The van der Waals surface area contributed by atoms with Gasteiger partial charge in [-0.1, -0.05) is 18.2 Å². The molecule has 0 saturated carbocycles. The fraction of sp³-hybridized carbons (Fsp3) is 0.250. The predicted octanol–water partition coefficient (Wildman–Crippen LogP) is 3.58. The molecule has 1 unspecified atom stereocenters. The van der Waals surface area contributed by atoms with Crippen LogP contribution in [0.4, 0.5) is 5.69 Å². The molecule has 166 valence electrons. The van der Waals surface area contributed by atoms with Gasteiger partial charge in [0.15, 0.2) is 0 Å². The second-order valence-electron chi connectivity index (χ2n) is 6.60. The van der Waals surface area contributed by atoms with Crippen LogP contribution in [0.5, 0.6) is 0 Å². The number of rotatable bonds is 8. The van der Waals surface area contributed by atoms with E-state index in [0.717, 1.165) is 29.4 Å². The summed E-state index contributed by atoms with van der Waals surface area (Å²) in [6.07, 6.45) is 4.23. The fourth-order valence-corrected chi connectivity index (χ4v) is 4.12. The van der Waals surface area contributed by atoms with Crippen molar-refractivity contribution < 1.29 is 8.42 Å². The summed E-state index contributed by atoms with van der Waals surface area (Å²) in [6.45, 7) is 3.16. The molecule has 1 aromatic heterocycles. The van der Waals surface area contributed by atoms with Gasteiger partial charge in [-0.05, 0) is 61.2 Å². The van der Waals surface area contributed by atoms with E-state index in [-0.39, 0.29) is 48.2 Å². The van der Waals surface area contributed by atoms with Crippen LogP contribution in [0.1, 0.15) is 12.5 Å². The first-order valence-corrected chi connectivity index (χ1v) is 10.3. The van der Waals surface area contributed by atoms with Crippen molar-refractivity contribution in [2.45, 2.75) is 24.3 Å². The number of anilines is 1. The second kappa shape index (κ2) is 12.9. The van der Waals surface area contributed by atoms with Crippen molar-refractivity contribution in [2.24, 2.45) is 0 Å². The number of nitrogens with one attached hydrogen (secondary N) is 2. The van der Waals surface area contributed by atoms with Gasteiger partial charge in [0, 0.05) is 36.1 Å². The molecule has 4 N–H and O–H groups in total. The highest BCUT2D eigenvalue weighted by molar-refractivity contribution is 7.89. The number of hydrogen-bond acceptors (Lipinski definition) is 5. The lowest BCUT2D eigenvalue weighted by molar-refractivity contribution is 0.537. The molecule has 10 heteroatoms. The Morgan fingerprint density at radius 3 is 2.40 bits per heavy atom. The smallest absolute Gasteiger partial charge is 0.240 e. The summed E-state index contributed by atoms with van der Waals surface area (Å²) >= 11 is 0. The number of nitrogen functional groups attached to an aromatic ring is 1. The Balaban J connectivity index is 0.00000280. The third-order valence-electron chi connectivity index (χ3n) is 4.30. The monoisotopic (exact) mass is 492 g/mol. The SMILES string of the molecule is CC(CNCCc1ccc(N)cc1)NS(=O)(=O)c1ccc2cnccc2c1.Cl.Cl.Cl. The first-order chi connectivity index (χ1) is 12.9. The van der Waals surface area contributed by atoms with Crippen LogP contribution in [0.3, 0.4) is 0 Å². The topological polar surface area (TPSA) is 97.1 Å². The number of fused-ring (bicyclic) bond motifs is 1. The number of nitrogens with zero attached hydrogens (tertiary/aromatic N) is 1. The maximum Gasteiger partial charge on any atom is 0.240 e. The van der Waals surface area contributed by atoms with Crippen molar-refractivity contribution in [1.29, 1.82) is 0 Å². The van der Waals surface area contributed by atoms with Crippen molar-refractivity contribution >= 4 is 63.7 Å². The van der Waals surface area contributed by atoms with Gasteiger partial charge in [0.1, 0.15) is 0 Å². The zero-order chi connectivity index (χ0) is 19.3. The van der Waals surface area contributed by atoms with E-state index in [0.29, 0.717) is 6.54 Å². The molecule has 30 heavy (non-hydrogen) atoms. The minimum absolute atomic E-state index is 0. The lowest BCUT2D eigenvalue weighted by Crippen LogP contribution is -2.40. The molecule has 0 spiro atoms. The molecule has 0 saturated heterocycles. The van der Waals surface area contributed by atoms with Crippen LogP contribution in [-0.4, -0.2) is 32.5 Å². The van der Waals surface area contributed by atoms with E-state index in [9.17, 15) is 8.42 Å². The number of hydrogen-bond donors (Lipinski definition) is 3. The van der Waals surface area contributed by atoms with Crippen LogP contribution < -0.4 is 15.8 Å². The molecule has 1 atom stereocenters. The van der Waals surface area contributed by atoms with Gasteiger partial charge in [0.25, 0.3) is 0 Å². The van der Waals surface area contributed by atoms with Gasteiger partial charge in [-0.25, -0.2) is 13.1 Å². The summed E-state index contributed by atoms with van der Waals surface area (Å²) in [6, 6.07) is 14.4. The Bertz CT molecular complexity index is 1020. The molecule has 3 rings (SSSR count). The van der Waals surface area contributed by atoms with Gasteiger partial charge in [-0.2, -0.15) is 0 Å². The van der Waals surface area contributed by atoms with E-state index in [1.54, 1.807) is 36.7 Å². The van der Waals surface area contributed by atoms with E-state index in [4.69, 9.17) is 5.73 Å². The molecule has 0 amide bonds. The van der Waals surface area contributed by atoms with Crippen LogP contribution in [0, 0.1) is 0 Å². The third kappa shape index (κ3) is 7.91. The van der Waals surface area contributed by atoms with Gasteiger partial charge in [-0.15, -0.1) is 37.2 Å². The zero-order valence-corrected chi connectivity index (χ0v) is 19.7. The second-order valence-corrected chi connectivity index (χ2v) is 8.32. The van der Waals surface area contributed by atoms with E-state index in [1.165, 1.54) is 5.56 Å². The number of benzene rings is 2. The van der Waals surface area contributed by atoms with Crippen molar-refractivity contribution in [2.75, 3.05) is 18.8 Å². The highest BCUT2D eigenvalue weighted by atomic mass is 35.5. The molecule has 0 aliphatic carbocycles. The average molecular weight is 494 g/mol. The Morgan fingerprint density at radius 1 is 1.00 bits per heavy atom. The quantitative estimate of drug-likeness (QED) is 0.329. The molecule has 0 fully saturated rings. The summed E-state index contributed by atoms with van der Waals surface area (Å²) in [4.78, 5) is 4.30. The maximum atomic E-state index is 12.6. The van der Waals surface area contributed by atoms with E-state index >= 15 is 0 Å². The minimum atomic E-state index is -3.57. The molecule has 0 aliphatic heterocycles. The average Bonchev–Trinajstić information content (AvgIpc) is 2.66. The summed E-state index contributed by atoms with van der Waals surface area (Å²) in [5, 5.41) is 5.05. The van der Waals surface area contributed by atoms with Crippen molar-refractivity contribution in [3.63, 3.8) is 0 Å². The van der Waals surface area contributed by atoms with E-state index < -0.39 is 10.0 Å². The third-order valence-corrected chi connectivity index (χ3v) is 5.89. The predicted molar refractivity (Wildman–Crippen MR) is 131 cm³/mol. The molecule has 2 aromatic carbocycles. The fourth-order valence-electron chi connectivity index (χ4n) is 2.84. The molecule has 3 aromatic rings.